The summed E-state index contributed by atoms with van der Waals surface area (Å²) in [5.74, 6) is -0.226. The second-order valence-corrected chi connectivity index (χ2v) is 10.0. The van der Waals surface area contributed by atoms with Gasteiger partial charge in [0.2, 0.25) is 0 Å². The maximum atomic E-state index is 13.1. The molecule has 0 saturated heterocycles. The van der Waals surface area contributed by atoms with E-state index in [0.29, 0.717) is 23.6 Å². The molecular weight excluding hydrogens is 493 g/mol. The molecule has 1 aliphatic carbocycles. The van der Waals surface area contributed by atoms with Crippen molar-refractivity contribution >= 4 is 16.9 Å². The van der Waals surface area contributed by atoms with Crippen LogP contribution in [0.5, 0.6) is 5.75 Å². The molecule has 38 heavy (non-hydrogen) atoms. The topological polar surface area (TPSA) is 64.3 Å². The Bertz CT molecular complexity index is 1420. The van der Waals surface area contributed by atoms with Gasteiger partial charge in [-0.2, -0.15) is 18.3 Å². The standard InChI is InChI=1S/C30H29F3N2O3/c1-19(16-28(36)37)21-9-13-25(14-10-21)38-18-20-6-15-26-27(17-20)35(24-4-2-3-5-24)34-29(26)22-7-11-23(12-8-22)30(31,32)33/h6-15,17,19,24H,2-5,16,18H2,1H3,(H,36,37). The molecule has 198 valence electrons. The third-order valence-corrected chi connectivity index (χ3v) is 7.26. The third-order valence-electron chi connectivity index (χ3n) is 7.26. The SMILES string of the molecule is CC(CC(=O)O)c1ccc(OCc2ccc3c(-c4ccc(C(F)(F)F)cc4)nn(C4CCCC4)c3c2)cc1. The molecule has 1 aromatic heterocycles. The summed E-state index contributed by atoms with van der Waals surface area (Å²) in [5.41, 5.74) is 3.51. The monoisotopic (exact) mass is 522 g/mol. The van der Waals surface area contributed by atoms with Crippen molar-refractivity contribution in [1.29, 1.82) is 0 Å². The Morgan fingerprint density at radius 3 is 2.37 bits per heavy atom. The van der Waals surface area contributed by atoms with E-state index in [0.717, 1.165) is 59.8 Å². The number of carboxylic acids is 1. The molecule has 1 atom stereocenters. The Morgan fingerprint density at radius 2 is 1.74 bits per heavy atom. The van der Waals surface area contributed by atoms with Gasteiger partial charge >= 0.3 is 12.1 Å². The van der Waals surface area contributed by atoms with E-state index >= 15 is 0 Å². The van der Waals surface area contributed by atoms with E-state index in [1.165, 1.54) is 12.1 Å². The zero-order valence-corrected chi connectivity index (χ0v) is 21.0. The van der Waals surface area contributed by atoms with Crippen molar-refractivity contribution < 1.29 is 27.8 Å². The van der Waals surface area contributed by atoms with Crippen LogP contribution in [0.25, 0.3) is 22.2 Å². The number of carbonyl (C=O) groups is 1. The van der Waals surface area contributed by atoms with Gasteiger partial charge in [-0.15, -0.1) is 0 Å². The molecule has 1 saturated carbocycles. The van der Waals surface area contributed by atoms with Crippen LogP contribution in [0.15, 0.2) is 66.7 Å². The first-order valence-corrected chi connectivity index (χ1v) is 12.8. The number of alkyl halides is 3. The number of ether oxygens (including phenoxy) is 1. The molecule has 0 spiro atoms. The molecule has 0 radical (unpaired) electrons. The molecule has 8 heteroatoms. The number of hydrogen-bond donors (Lipinski definition) is 1. The molecule has 3 aromatic carbocycles. The fourth-order valence-electron chi connectivity index (χ4n) is 5.17. The van der Waals surface area contributed by atoms with Gasteiger partial charge in [-0.25, -0.2) is 0 Å². The highest BCUT2D eigenvalue weighted by atomic mass is 19.4. The molecule has 4 aromatic rings. The Hall–Kier alpha value is -3.81. The van der Waals surface area contributed by atoms with Crippen molar-refractivity contribution in [3.8, 4) is 17.0 Å². The van der Waals surface area contributed by atoms with Crippen LogP contribution >= 0.6 is 0 Å². The van der Waals surface area contributed by atoms with Crippen LogP contribution < -0.4 is 4.74 Å². The maximum absolute atomic E-state index is 13.1. The molecule has 5 nitrogen and oxygen atoms in total. The summed E-state index contributed by atoms with van der Waals surface area (Å²) in [6.45, 7) is 2.22. The smallest absolute Gasteiger partial charge is 0.416 e. The average molecular weight is 523 g/mol. The second-order valence-electron chi connectivity index (χ2n) is 10.0. The van der Waals surface area contributed by atoms with Crippen molar-refractivity contribution in [3.63, 3.8) is 0 Å². The average Bonchev–Trinajstić information content (AvgIpc) is 3.55. The van der Waals surface area contributed by atoms with E-state index in [9.17, 15) is 18.0 Å². The Kier molecular flexibility index (Phi) is 7.15. The van der Waals surface area contributed by atoms with E-state index in [1.54, 1.807) is 0 Å². The van der Waals surface area contributed by atoms with Gasteiger partial charge in [0.15, 0.2) is 0 Å². The fourth-order valence-corrected chi connectivity index (χ4v) is 5.17. The van der Waals surface area contributed by atoms with Crippen LogP contribution in [0.4, 0.5) is 13.2 Å². The van der Waals surface area contributed by atoms with E-state index in [2.05, 4.69) is 6.07 Å². The Morgan fingerprint density at radius 1 is 1.05 bits per heavy atom. The normalized spacial score (nSPS) is 15.2. The summed E-state index contributed by atoms with van der Waals surface area (Å²) in [5, 5.41) is 14.8. The minimum absolute atomic E-state index is 0.0728. The third kappa shape index (κ3) is 5.54. The van der Waals surface area contributed by atoms with E-state index in [4.69, 9.17) is 14.9 Å². The summed E-state index contributed by atoms with van der Waals surface area (Å²) >= 11 is 0. The largest absolute Gasteiger partial charge is 0.489 e. The first kappa shape index (κ1) is 25.8. The van der Waals surface area contributed by atoms with Crippen LogP contribution in [0.3, 0.4) is 0 Å². The van der Waals surface area contributed by atoms with E-state index in [1.807, 2.05) is 48.0 Å². The summed E-state index contributed by atoms with van der Waals surface area (Å²) < 4.78 is 47.3. The van der Waals surface area contributed by atoms with Crippen LogP contribution in [0.2, 0.25) is 0 Å². The number of benzene rings is 3. The predicted octanol–water partition coefficient (Wildman–Crippen LogP) is 7.99. The lowest BCUT2D eigenvalue weighted by molar-refractivity contribution is -0.138. The first-order chi connectivity index (χ1) is 18.2. The molecular formula is C30H29F3N2O3. The summed E-state index contributed by atoms with van der Waals surface area (Å²) in [6, 6.07) is 18.9. The first-order valence-electron chi connectivity index (χ1n) is 12.8. The predicted molar refractivity (Wildman–Crippen MR) is 139 cm³/mol. The number of halogens is 3. The van der Waals surface area contributed by atoms with Crippen molar-refractivity contribution in [2.24, 2.45) is 0 Å². The highest BCUT2D eigenvalue weighted by Crippen LogP contribution is 2.37. The van der Waals surface area contributed by atoms with Gasteiger partial charge in [-0.1, -0.05) is 56.2 Å². The van der Waals surface area contributed by atoms with Gasteiger partial charge in [-0.05, 0) is 60.2 Å². The van der Waals surface area contributed by atoms with Crippen molar-refractivity contribution in [2.75, 3.05) is 0 Å². The number of rotatable bonds is 8. The molecule has 1 fully saturated rings. The lowest BCUT2D eigenvalue weighted by atomic mass is 9.98. The number of hydrogen-bond acceptors (Lipinski definition) is 3. The minimum Gasteiger partial charge on any atom is -0.489 e. The van der Waals surface area contributed by atoms with E-state index in [-0.39, 0.29) is 18.4 Å². The Balaban J connectivity index is 1.40. The molecule has 1 unspecified atom stereocenters. The maximum Gasteiger partial charge on any atom is 0.416 e. The summed E-state index contributed by atoms with van der Waals surface area (Å²) in [4.78, 5) is 11.0. The van der Waals surface area contributed by atoms with Crippen molar-refractivity contribution in [1.82, 2.24) is 9.78 Å². The highest BCUT2D eigenvalue weighted by Gasteiger charge is 2.30. The summed E-state index contributed by atoms with van der Waals surface area (Å²) in [6.07, 6.45) is 0.00332. The molecule has 0 bridgehead atoms. The van der Waals surface area contributed by atoms with E-state index < -0.39 is 17.7 Å². The van der Waals surface area contributed by atoms with Gasteiger partial charge in [0.1, 0.15) is 18.1 Å². The second kappa shape index (κ2) is 10.5. The quantitative estimate of drug-likeness (QED) is 0.255. The zero-order chi connectivity index (χ0) is 26.9. The molecule has 1 aliphatic rings. The van der Waals surface area contributed by atoms with Gasteiger partial charge < -0.3 is 9.84 Å². The van der Waals surface area contributed by atoms with Gasteiger partial charge in [0.25, 0.3) is 0 Å². The van der Waals surface area contributed by atoms with Crippen LogP contribution in [-0.4, -0.2) is 20.9 Å². The molecule has 1 heterocycles. The van der Waals surface area contributed by atoms with Gasteiger partial charge in [0.05, 0.1) is 23.5 Å². The number of fused-ring (bicyclic) bond motifs is 1. The Labute approximate surface area is 218 Å². The number of aromatic nitrogens is 2. The van der Waals surface area contributed by atoms with Gasteiger partial charge in [-0.3, -0.25) is 9.48 Å². The van der Waals surface area contributed by atoms with Crippen LogP contribution in [-0.2, 0) is 17.6 Å². The fraction of sp³-hybridized carbons (Fsp3) is 0.333. The highest BCUT2D eigenvalue weighted by molar-refractivity contribution is 5.93. The van der Waals surface area contributed by atoms with Crippen molar-refractivity contribution in [2.45, 2.75) is 63.8 Å². The molecule has 1 N–H and O–H groups in total. The van der Waals surface area contributed by atoms with Crippen LogP contribution in [0.1, 0.15) is 67.7 Å². The molecule has 0 aliphatic heterocycles. The van der Waals surface area contributed by atoms with Crippen molar-refractivity contribution in [3.05, 3.63) is 83.4 Å². The van der Waals surface area contributed by atoms with Crippen LogP contribution in [0, 0.1) is 0 Å². The summed E-state index contributed by atoms with van der Waals surface area (Å²) in [7, 11) is 0. The number of aliphatic carboxylic acids is 1. The molecule has 5 rings (SSSR count). The number of nitrogens with zero attached hydrogens (tertiary/aromatic N) is 2. The zero-order valence-electron chi connectivity index (χ0n) is 21.0. The molecule has 0 amide bonds. The lowest BCUT2D eigenvalue weighted by Crippen LogP contribution is -2.07. The minimum atomic E-state index is -4.38. The number of carboxylic acid groups (broad SMARTS) is 1. The lowest BCUT2D eigenvalue weighted by Gasteiger charge is -2.13. The van der Waals surface area contributed by atoms with Gasteiger partial charge in [0, 0.05) is 10.9 Å².